The number of hydrogen-bond acceptors (Lipinski definition) is 7. The van der Waals surface area contributed by atoms with Crippen molar-refractivity contribution >= 4 is 38.9 Å². The van der Waals surface area contributed by atoms with Crippen molar-refractivity contribution < 1.29 is 31.9 Å². The van der Waals surface area contributed by atoms with Crippen molar-refractivity contribution in [2.75, 3.05) is 32.8 Å². The Labute approximate surface area is 217 Å². The van der Waals surface area contributed by atoms with Gasteiger partial charge < -0.3 is 19.9 Å². The van der Waals surface area contributed by atoms with Crippen LogP contribution in [0, 0.1) is 5.82 Å². The third-order valence-corrected chi connectivity index (χ3v) is 8.48. The van der Waals surface area contributed by atoms with Crippen molar-refractivity contribution in [2.45, 2.75) is 10.3 Å². The molecule has 194 valence electrons. The molecule has 1 fully saturated rings. The fourth-order valence-electron chi connectivity index (χ4n) is 3.75. The average Bonchev–Trinajstić information content (AvgIpc) is 3.46. The molecule has 9 nitrogen and oxygen atoms in total. The van der Waals surface area contributed by atoms with E-state index in [2.05, 4.69) is 5.32 Å². The van der Waals surface area contributed by atoms with E-state index in [0.29, 0.717) is 0 Å². The molecule has 0 aliphatic carbocycles. The Hall–Kier alpha value is -3.77. The molecule has 1 N–H and O–H groups in total. The number of carbonyl (C=O) groups excluding carboxylic acids is 3. The smallest absolute Gasteiger partial charge is 0.262 e. The summed E-state index contributed by atoms with van der Waals surface area (Å²) < 4.78 is 45.7. The van der Waals surface area contributed by atoms with Gasteiger partial charge in [-0.1, -0.05) is 36.4 Å². The van der Waals surface area contributed by atoms with Gasteiger partial charge in [-0.05, 0) is 35.7 Å². The summed E-state index contributed by atoms with van der Waals surface area (Å²) in [6.45, 7) is -0.0129. The summed E-state index contributed by atoms with van der Waals surface area (Å²) in [6.07, 6.45) is 0. The number of nitrogens with zero attached hydrogens (tertiary/aromatic N) is 2. The van der Waals surface area contributed by atoms with Gasteiger partial charge in [0.2, 0.25) is 15.2 Å². The van der Waals surface area contributed by atoms with Gasteiger partial charge >= 0.3 is 0 Å². The highest BCUT2D eigenvalue weighted by atomic mass is 32.2. The molecule has 0 unspecified atom stereocenters. The van der Waals surface area contributed by atoms with Crippen molar-refractivity contribution in [3.63, 3.8) is 0 Å². The van der Waals surface area contributed by atoms with Gasteiger partial charge in [-0.15, -0.1) is 11.3 Å². The van der Waals surface area contributed by atoms with E-state index in [-0.39, 0.29) is 48.3 Å². The second-order valence-corrected chi connectivity index (χ2v) is 11.1. The van der Waals surface area contributed by atoms with E-state index in [1.807, 2.05) is 0 Å². The third kappa shape index (κ3) is 6.15. The number of rotatable bonds is 8. The van der Waals surface area contributed by atoms with Gasteiger partial charge in [0.15, 0.2) is 18.2 Å². The Morgan fingerprint density at radius 3 is 2.22 bits per heavy atom. The van der Waals surface area contributed by atoms with E-state index in [0.717, 1.165) is 11.3 Å². The van der Waals surface area contributed by atoms with Gasteiger partial charge in [0.25, 0.3) is 17.7 Å². The summed E-state index contributed by atoms with van der Waals surface area (Å²) in [7, 11) is -4.26. The molecule has 1 aliphatic heterocycles. The summed E-state index contributed by atoms with van der Waals surface area (Å²) in [5, 5.41) is 2.22. The van der Waals surface area contributed by atoms with Crippen LogP contribution in [0.5, 0.6) is 5.75 Å². The maximum absolute atomic E-state index is 13.7. The lowest BCUT2D eigenvalue weighted by molar-refractivity contribution is -0.140. The summed E-state index contributed by atoms with van der Waals surface area (Å²) in [6, 6.07) is 16.3. The molecule has 3 amide bonds. The molecule has 2 heterocycles. The molecule has 1 aliphatic rings. The molecular formula is C25H24FN3O6S2. The van der Waals surface area contributed by atoms with Crippen LogP contribution in [-0.4, -0.2) is 74.1 Å². The van der Waals surface area contributed by atoms with Crippen LogP contribution in [0.15, 0.2) is 77.0 Å². The zero-order valence-corrected chi connectivity index (χ0v) is 21.2. The average molecular weight is 546 g/mol. The third-order valence-electron chi connectivity index (χ3n) is 5.75. The van der Waals surface area contributed by atoms with Crippen LogP contribution in [0.25, 0.3) is 0 Å². The molecule has 0 saturated carbocycles. The van der Waals surface area contributed by atoms with Crippen molar-refractivity contribution in [1.82, 2.24) is 15.1 Å². The van der Waals surface area contributed by atoms with E-state index in [4.69, 9.17) is 4.74 Å². The molecule has 4 rings (SSSR count). The maximum atomic E-state index is 13.7. The second-order valence-electron chi connectivity index (χ2n) is 8.11. The van der Waals surface area contributed by atoms with Crippen molar-refractivity contribution in [3.8, 4) is 5.75 Å². The van der Waals surface area contributed by atoms with Gasteiger partial charge in [-0.3, -0.25) is 14.4 Å². The molecule has 0 radical (unpaired) electrons. The number of ether oxygens (including phenoxy) is 1. The Kier molecular flexibility index (Phi) is 8.19. The molecular weight excluding hydrogens is 521 g/mol. The summed E-state index contributed by atoms with van der Waals surface area (Å²) in [4.78, 5) is 41.6. The molecule has 1 saturated heterocycles. The molecule has 2 aromatic carbocycles. The van der Waals surface area contributed by atoms with Crippen molar-refractivity contribution in [1.29, 1.82) is 0 Å². The molecule has 3 aromatic rings. The zero-order chi connectivity index (χ0) is 26.4. The first-order valence-corrected chi connectivity index (χ1v) is 13.8. The molecule has 37 heavy (non-hydrogen) atoms. The Morgan fingerprint density at radius 2 is 1.57 bits per heavy atom. The predicted octanol–water partition coefficient (Wildman–Crippen LogP) is 2.17. The lowest BCUT2D eigenvalue weighted by Gasteiger charge is -2.36. The summed E-state index contributed by atoms with van der Waals surface area (Å²) in [5.41, 5.74) is 0. The zero-order valence-electron chi connectivity index (χ0n) is 19.6. The minimum absolute atomic E-state index is 0.0416. The number of hydrogen-bond donors (Lipinski definition) is 1. The van der Waals surface area contributed by atoms with E-state index >= 15 is 0 Å². The Morgan fingerprint density at radius 1 is 0.919 bits per heavy atom. The van der Waals surface area contributed by atoms with E-state index in [1.54, 1.807) is 23.6 Å². The van der Waals surface area contributed by atoms with Gasteiger partial charge in [0.05, 0.1) is 9.77 Å². The van der Waals surface area contributed by atoms with Crippen molar-refractivity contribution in [2.24, 2.45) is 0 Å². The lowest BCUT2D eigenvalue weighted by atomic mass is 10.3. The number of nitrogens with one attached hydrogen (secondary N) is 1. The fraction of sp³-hybridized carbons (Fsp3) is 0.240. The van der Waals surface area contributed by atoms with E-state index in [9.17, 15) is 27.2 Å². The number of thiophene rings is 1. The first-order chi connectivity index (χ1) is 17.8. The quantitative estimate of drug-likeness (QED) is 0.464. The van der Waals surface area contributed by atoms with Crippen LogP contribution in [0.3, 0.4) is 0 Å². The van der Waals surface area contributed by atoms with Crippen LogP contribution in [0.1, 0.15) is 9.67 Å². The minimum Gasteiger partial charge on any atom is -0.481 e. The van der Waals surface area contributed by atoms with Crippen LogP contribution in [0.4, 0.5) is 4.39 Å². The predicted molar refractivity (Wildman–Crippen MR) is 134 cm³/mol. The van der Waals surface area contributed by atoms with Gasteiger partial charge in [0.1, 0.15) is 0 Å². The highest BCUT2D eigenvalue weighted by molar-refractivity contribution is 7.92. The van der Waals surface area contributed by atoms with E-state index < -0.39 is 38.7 Å². The van der Waals surface area contributed by atoms with Crippen LogP contribution < -0.4 is 10.1 Å². The fourth-order valence-corrected chi connectivity index (χ4v) is 5.86. The number of amides is 3. The summed E-state index contributed by atoms with van der Waals surface area (Å²) in [5.74, 6) is -2.48. The topological polar surface area (TPSA) is 113 Å². The first-order valence-electron chi connectivity index (χ1n) is 11.3. The highest BCUT2D eigenvalue weighted by Gasteiger charge is 2.39. The van der Waals surface area contributed by atoms with Gasteiger partial charge in [-0.2, -0.15) is 0 Å². The summed E-state index contributed by atoms with van der Waals surface area (Å²) >= 11 is 1.12. The van der Waals surface area contributed by atoms with Crippen LogP contribution in [-0.2, 0) is 19.4 Å². The second kappa shape index (κ2) is 11.5. The molecule has 0 spiro atoms. The standard InChI is InChI=1S/C25H24FN3O6S2/c26-19-9-4-5-10-20(19)35-17-22(30)28-12-14-29(15-13-28)25(32)24(27-23(31)21-11-6-16-36-21)37(33,34)18-7-2-1-3-8-18/h1-11,16,24H,12-15,17H2,(H,27,31)/t24-/m0/s1. The van der Waals surface area contributed by atoms with Gasteiger partial charge in [0, 0.05) is 26.2 Å². The number of carbonyl (C=O) groups is 3. The van der Waals surface area contributed by atoms with Crippen LogP contribution in [0.2, 0.25) is 0 Å². The molecule has 1 atom stereocenters. The number of sulfone groups is 1. The molecule has 1 aromatic heterocycles. The minimum atomic E-state index is -4.26. The maximum Gasteiger partial charge on any atom is 0.262 e. The Bertz CT molecular complexity index is 1360. The van der Waals surface area contributed by atoms with E-state index in [1.165, 1.54) is 58.3 Å². The van der Waals surface area contributed by atoms with Crippen molar-refractivity contribution in [3.05, 3.63) is 82.8 Å². The number of para-hydroxylation sites is 1. The monoisotopic (exact) mass is 545 g/mol. The van der Waals surface area contributed by atoms with Gasteiger partial charge in [-0.25, -0.2) is 12.8 Å². The number of halogens is 1. The first kappa shape index (κ1) is 26.3. The number of benzene rings is 2. The molecule has 12 heteroatoms. The highest BCUT2D eigenvalue weighted by Crippen LogP contribution is 2.19. The largest absolute Gasteiger partial charge is 0.481 e. The Balaban J connectivity index is 1.43. The van der Waals surface area contributed by atoms with Crippen LogP contribution >= 0.6 is 11.3 Å². The normalized spacial score (nSPS) is 14.6. The number of piperazine rings is 1. The SMILES string of the molecule is O=C(N[C@H](C(=O)N1CCN(C(=O)COc2ccccc2F)CC1)S(=O)(=O)c1ccccc1)c1cccs1. The lowest BCUT2D eigenvalue weighted by Crippen LogP contribution is -2.58. The molecule has 0 bridgehead atoms.